The highest BCUT2D eigenvalue weighted by molar-refractivity contribution is 5.90. The van der Waals surface area contributed by atoms with E-state index < -0.39 is 0 Å². The molecule has 2 aromatic rings. The monoisotopic (exact) mass is 277 g/mol. The van der Waals surface area contributed by atoms with E-state index in [9.17, 15) is 4.79 Å². The predicted molar refractivity (Wildman–Crippen MR) is 74.3 cm³/mol. The second-order valence-electron chi connectivity index (χ2n) is 4.78. The molecule has 0 aromatic carbocycles. The largest absolute Gasteiger partial charge is 0.338 e. The van der Waals surface area contributed by atoms with Crippen LogP contribution in [0.25, 0.3) is 0 Å². The molecule has 20 heavy (non-hydrogen) atoms. The van der Waals surface area contributed by atoms with Gasteiger partial charge in [0.15, 0.2) is 0 Å². The maximum Gasteiger partial charge on any atom is 0.240 e. The van der Waals surface area contributed by atoms with Crippen molar-refractivity contribution < 1.29 is 9.32 Å². The van der Waals surface area contributed by atoms with Crippen LogP contribution >= 0.6 is 0 Å². The van der Waals surface area contributed by atoms with Gasteiger partial charge in [-0.3, -0.25) is 14.8 Å². The third kappa shape index (κ3) is 3.67. The van der Waals surface area contributed by atoms with Gasteiger partial charge in [0.2, 0.25) is 11.8 Å². The summed E-state index contributed by atoms with van der Waals surface area (Å²) in [6, 6.07) is 3.82. The average molecular weight is 277 g/mol. The van der Waals surface area contributed by atoms with Crippen LogP contribution in [0.1, 0.15) is 25.6 Å². The minimum atomic E-state index is -0.166. The lowest BCUT2D eigenvalue weighted by molar-refractivity contribution is -0.115. The molecule has 108 valence electrons. The summed E-state index contributed by atoms with van der Waals surface area (Å²) in [7, 11) is 0. The van der Waals surface area contributed by atoms with Crippen LogP contribution in [-0.4, -0.2) is 33.4 Å². The lowest BCUT2D eigenvalue weighted by Gasteiger charge is -2.21. The zero-order valence-electron chi connectivity index (χ0n) is 11.8. The van der Waals surface area contributed by atoms with Crippen molar-refractivity contribution in [3.8, 4) is 0 Å². The van der Waals surface area contributed by atoms with Gasteiger partial charge in [-0.1, -0.05) is 5.16 Å². The fraction of sp³-hybridized carbons (Fsp3) is 0.462. The molecule has 0 saturated carbocycles. The van der Waals surface area contributed by atoms with Gasteiger partial charge in [0.25, 0.3) is 0 Å². The van der Waals surface area contributed by atoms with E-state index in [1.807, 2.05) is 30.8 Å². The Morgan fingerprint density at radius 1 is 1.50 bits per heavy atom. The first kappa shape index (κ1) is 14.3. The Bertz CT molecular complexity index is 549. The van der Waals surface area contributed by atoms with E-state index in [-0.39, 0.29) is 24.5 Å². The molecular formula is C13H19N5O2. The Morgan fingerprint density at radius 3 is 2.90 bits per heavy atom. The van der Waals surface area contributed by atoms with E-state index in [2.05, 4.69) is 20.9 Å². The standard InChI is InChI=1S/C13H19N5O2/c1-9-7-13(20-17-9)16-12(19)8-14-10(2)11(3)18-6-4-5-15-18/h4-7,10-11,14H,8H2,1-3H3,(H,16,19)/t10-,11-/m1/s1. The number of hydrogen-bond donors (Lipinski definition) is 2. The normalized spacial score (nSPS) is 13.9. The second-order valence-corrected chi connectivity index (χ2v) is 4.78. The maximum absolute atomic E-state index is 11.8. The summed E-state index contributed by atoms with van der Waals surface area (Å²) in [6.45, 7) is 6.05. The Labute approximate surface area is 117 Å². The van der Waals surface area contributed by atoms with Crippen molar-refractivity contribution in [3.63, 3.8) is 0 Å². The van der Waals surface area contributed by atoms with E-state index in [0.29, 0.717) is 5.88 Å². The molecule has 0 aliphatic heterocycles. The number of aryl methyl sites for hydroxylation is 1. The smallest absolute Gasteiger partial charge is 0.240 e. The lowest BCUT2D eigenvalue weighted by Crippen LogP contribution is -2.39. The fourth-order valence-electron chi connectivity index (χ4n) is 1.78. The first-order valence-electron chi connectivity index (χ1n) is 6.52. The summed E-state index contributed by atoms with van der Waals surface area (Å²) in [6.07, 6.45) is 3.64. The van der Waals surface area contributed by atoms with Gasteiger partial charge in [0, 0.05) is 24.5 Å². The number of amides is 1. The highest BCUT2D eigenvalue weighted by Gasteiger charge is 2.15. The van der Waals surface area contributed by atoms with Crippen molar-refractivity contribution in [1.29, 1.82) is 0 Å². The van der Waals surface area contributed by atoms with E-state index in [4.69, 9.17) is 4.52 Å². The van der Waals surface area contributed by atoms with Crippen molar-refractivity contribution in [2.75, 3.05) is 11.9 Å². The van der Waals surface area contributed by atoms with E-state index in [1.54, 1.807) is 19.2 Å². The molecule has 7 heteroatoms. The highest BCUT2D eigenvalue weighted by Crippen LogP contribution is 2.09. The molecule has 2 heterocycles. The van der Waals surface area contributed by atoms with Gasteiger partial charge in [-0.05, 0) is 26.8 Å². The zero-order valence-corrected chi connectivity index (χ0v) is 11.8. The number of rotatable bonds is 6. The van der Waals surface area contributed by atoms with Gasteiger partial charge in [-0.25, -0.2) is 0 Å². The minimum absolute atomic E-state index is 0.108. The van der Waals surface area contributed by atoms with E-state index in [1.165, 1.54) is 0 Å². The number of nitrogens with one attached hydrogen (secondary N) is 2. The van der Waals surface area contributed by atoms with Gasteiger partial charge in [-0.2, -0.15) is 5.10 Å². The predicted octanol–water partition coefficient (Wildman–Crippen LogP) is 1.36. The van der Waals surface area contributed by atoms with Gasteiger partial charge < -0.3 is 9.84 Å². The summed E-state index contributed by atoms with van der Waals surface area (Å²) in [4.78, 5) is 11.8. The third-order valence-electron chi connectivity index (χ3n) is 3.14. The molecular weight excluding hydrogens is 258 g/mol. The van der Waals surface area contributed by atoms with Crippen molar-refractivity contribution in [2.24, 2.45) is 0 Å². The molecule has 2 rings (SSSR count). The first-order chi connectivity index (χ1) is 9.56. The number of hydrogen-bond acceptors (Lipinski definition) is 5. The molecule has 0 aliphatic rings. The highest BCUT2D eigenvalue weighted by atomic mass is 16.5. The van der Waals surface area contributed by atoms with Crippen LogP contribution in [0.15, 0.2) is 29.0 Å². The number of aromatic nitrogens is 3. The molecule has 2 N–H and O–H groups in total. The molecule has 1 amide bonds. The topological polar surface area (TPSA) is 85.0 Å². The van der Waals surface area contributed by atoms with Crippen molar-refractivity contribution in [2.45, 2.75) is 32.9 Å². The molecule has 0 radical (unpaired) electrons. The summed E-state index contributed by atoms with van der Waals surface area (Å²) in [5.74, 6) is 0.197. The number of nitrogens with zero attached hydrogens (tertiary/aromatic N) is 3. The summed E-state index contributed by atoms with van der Waals surface area (Å²) < 4.78 is 6.78. The molecule has 0 spiro atoms. The SMILES string of the molecule is Cc1cc(NC(=O)CN[C@H](C)[C@@H](C)n2cccn2)on1. The molecule has 2 aromatic heterocycles. The molecule has 7 nitrogen and oxygen atoms in total. The van der Waals surface area contributed by atoms with E-state index in [0.717, 1.165) is 5.69 Å². The molecule has 0 bridgehead atoms. The van der Waals surface area contributed by atoms with Crippen molar-refractivity contribution in [1.82, 2.24) is 20.3 Å². The van der Waals surface area contributed by atoms with Crippen LogP contribution in [0.2, 0.25) is 0 Å². The van der Waals surface area contributed by atoms with Crippen molar-refractivity contribution in [3.05, 3.63) is 30.2 Å². The first-order valence-corrected chi connectivity index (χ1v) is 6.52. The Kier molecular flexibility index (Phi) is 4.52. The van der Waals surface area contributed by atoms with Gasteiger partial charge in [-0.15, -0.1) is 0 Å². The number of carbonyl (C=O) groups excluding carboxylic acids is 1. The second kappa shape index (κ2) is 6.33. The van der Waals surface area contributed by atoms with Gasteiger partial charge >= 0.3 is 0 Å². The zero-order chi connectivity index (χ0) is 14.5. The van der Waals surface area contributed by atoms with Gasteiger partial charge in [0.05, 0.1) is 18.3 Å². The Balaban J connectivity index is 1.78. The Hall–Kier alpha value is -2.15. The van der Waals surface area contributed by atoms with Crippen LogP contribution in [0, 0.1) is 6.92 Å². The minimum Gasteiger partial charge on any atom is -0.338 e. The molecule has 0 saturated heterocycles. The molecule has 0 aliphatic carbocycles. The third-order valence-corrected chi connectivity index (χ3v) is 3.14. The Morgan fingerprint density at radius 2 is 2.30 bits per heavy atom. The fourth-order valence-corrected chi connectivity index (χ4v) is 1.78. The van der Waals surface area contributed by atoms with Crippen LogP contribution in [-0.2, 0) is 4.79 Å². The van der Waals surface area contributed by atoms with E-state index >= 15 is 0 Å². The number of carbonyl (C=O) groups is 1. The summed E-state index contributed by atoms with van der Waals surface area (Å²) in [5, 5.41) is 13.7. The average Bonchev–Trinajstić information content (AvgIpc) is 3.07. The summed E-state index contributed by atoms with van der Waals surface area (Å²) >= 11 is 0. The molecule has 0 fully saturated rings. The van der Waals surface area contributed by atoms with Crippen molar-refractivity contribution >= 4 is 11.8 Å². The van der Waals surface area contributed by atoms with Gasteiger partial charge in [0.1, 0.15) is 0 Å². The number of anilines is 1. The lowest BCUT2D eigenvalue weighted by atomic mass is 10.2. The molecule has 2 atom stereocenters. The van der Waals surface area contributed by atoms with Crippen LogP contribution < -0.4 is 10.6 Å². The van der Waals surface area contributed by atoms with Crippen LogP contribution in [0.5, 0.6) is 0 Å². The maximum atomic E-state index is 11.8. The van der Waals surface area contributed by atoms with Crippen LogP contribution in [0.3, 0.4) is 0 Å². The quantitative estimate of drug-likeness (QED) is 0.832. The van der Waals surface area contributed by atoms with Crippen LogP contribution in [0.4, 0.5) is 5.88 Å². The summed E-state index contributed by atoms with van der Waals surface area (Å²) in [5.41, 5.74) is 0.730. The molecule has 0 unspecified atom stereocenters.